The van der Waals surface area contributed by atoms with Crippen molar-refractivity contribution in [3.8, 4) is 39.1 Å². The van der Waals surface area contributed by atoms with Gasteiger partial charge in [0, 0.05) is 44.4 Å². The molecule has 0 saturated carbocycles. The van der Waals surface area contributed by atoms with Gasteiger partial charge in [-0.05, 0) is 122 Å². The van der Waals surface area contributed by atoms with Gasteiger partial charge in [-0.15, -0.1) is 0 Å². The number of fused-ring (bicyclic) bond motifs is 9. The summed E-state index contributed by atoms with van der Waals surface area (Å²) in [5, 5.41) is 2.48. The first kappa shape index (κ1) is 32.8. The van der Waals surface area contributed by atoms with E-state index in [1.807, 2.05) is 0 Å². The Hall–Kier alpha value is -6.64. The van der Waals surface area contributed by atoms with Crippen molar-refractivity contribution in [2.24, 2.45) is 0 Å². The van der Waals surface area contributed by atoms with Gasteiger partial charge in [-0.25, -0.2) is 0 Å². The molecule has 0 saturated heterocycles. The minimum atomic E-state index is -0.106. The van der Waals surface area contributed by atoms with Crippen LogP contribution in [-0.2, 0) is 10.8 Å². The Morgan fingerprint density at radius 2 is 0.857 bits per heavy atom. The molecule has 9 aromatic rings. The number of hydrogen-bond acceptors (Lipinski definition) is 1. The van der Waals surface area contributed by atoms with Gasteiger partial charge in [0.05, 0.1) is 11.0 Å². The molecule has 0 unspecified atom stereocenters. The van der Waals surface area contributed by atoms with E-state index in [1.165, 1.54) is 77.4 Å². The van der Waals surface area contributed by atoms with Gasteiger partial charge in [0.1, 0.15) is 0 Å². The van der Waals surface area contributed by atoms with E-state index in [0.29, 0.717) is 0 Å². The predicted molar refractivity (Wildman–Crippen MR) is 236 cm³/mol. The van der Waals surface area contributed by atoms with Gasteiger partial charge in [0.25, 0.3) is 0 Å². The maximum atomic E-state index is 2.44. The third-order valence-corrected chi connectivity index (χ3v) is 12.8. The molecule has 268 valence electrons. The largest absolute Gasteiger partial charge is 0.310 e. The quantitative estimate of drug-likeness (QED) is 0.172. The fraction of sp³-hybridized carbons (Fsp3) is 0.111. The van der Waals surface area contributed by atoms with Crippen LogP contribution in [0.3, 0.4) is 0 Å². The van der Waals surface area contributed by atoms with Crippen molar-refractivity contribution in [3.05, 3.63) is 204 Å². The lowest BCUT2D eigenvalue weighted by Gasteiger charge is -2.28. The third-order valence-electron chi connectivity index (χ3n) is 12.8. The minimum absolute atomic E-state index is 0.0397. The van der Waals surface area contributed by atoms with E-state index >= 15 is 0 Å². The zero-order valence-electron chi connectivity index (χ0n) is 32.2. The van der Waals surface area contributed by atoms with Crippen molar-refractivity contribution < 1.29 is 0 Å². The zero-order chi connectivity index (χ0) is 37.8. The molecule has 0 atom stereocenters. The van der Waals surface area contributed by atoms with E-state index in [2.05, 4.69) is 219 Å². The van der Waals surface area contributed by atoms with Gasteiger partial charge in [-0.2, -0.15) is 0 Å². The highest BCUT2D eigenvalue weighted by Gasteiger charge is 2.37. The van der Waals surface area contributed by atoms with Crippen LogP contribution in [-0.4, -0.2) is 4.57 Å². The molecule has 11 rings (SSSR count). The van der Waals surface area contributed by atoms with Crippen LogP contribution in [0.2, 0.25) is 0 Å². The van der Waals surface area contributed by atoms with E-state index in [0.717, 1.165) is 22.7 Å². The van der Waals surface area contributed by atoms with Crippen molar-refractivity contribution in [2.45, 2.75) is 38.5 Å². The number of nitrogens with zero attached hydrogens (tertiary/aromatic N) is 2. The molecular weight excluding hydrogens is 677 g/mol. The molecule has 1 heterocycles. The molecule has 2 aliphatic carbocycles. The van der Waals surface area contributed by atoms with Crippen LogP contribution in [0.15, 0.2) is 182 Å². The summed E-state index contributed by atoms with van der Waals surface area (Å²) in [4.78, 5) is 2.44. The summed E-state index contributed by atoms with van der Waals surface area (Å²) in [7, 11) is 0. The molecule has 0 aliphatic heterocycles. The lowest BCUT2D eigenvalue weighted by atomic mass is 9.81. The maximum Gasteiger partial charge on any atom is 0.0542 e. The highest BCUT2D eigenvalue weighted by Crippen LogP contribution is 2.52. The SMILES string of the molecule is CC1(C)c2ccccc2-c2ccc(-c3ccc(N(c4ccc5c(c4)C(C)(C)c4ccccc4-5)c4ccc5c(c4)c4ccccc4n5-c4ccccc4)cc3)cc21. The number of rotatable bonds is 5. The minimum Gasteiger partial charge on any atom is -0.310 e. The van der Waals surface area contributed by atoms with Gasteiger partial charge in [-0.1, -0.05) is 143 Å². The average Bonchev–Trinajstić information content (AvgIpc) is 3.78. The third kappa shape index (κ3) is 4.69. The van der Waals surface area contributed by atoms with Crippen LogP contribution in [0.5, 0.6) is 0 Å². The van der Waals surface area contributed by atoms with E-state index in [1.54, 1.807) is 0 Å². The second-order valence-electron chi connectivity index (χ2n) is 16.6. The highest BCUT2D eigenvalue weighted by atomic mass is 15.1. The molecule has 0 N–H and O–H groups in total. The van der Waals surface area contributed by atoms with E-state index in [4.69, 9.17) is 0 Å². The van der Waals surface area contributed by atoms with Crippen LogP contribution < -0.4 is 4.90 Å². The summed E-state index contributed by atoms with van der Waals surface area (Å²) in [5.41, 5.74) is 20.2. The van der Waals surface area contributed by atoms with Crippen molar-refractivity contribution in [1.29, 1.82) is 0 Å². The molecule has 0 bridgehead atoms. The number of hydrogen-bond donors (Lipinski definition) is 0. The van der Waals surface area contributed by atoms with Gasteiger partial charge in [0.15, 0.2) is 0 Å². The first-order chi connectivity index (χ1) is 27.3. The molecule has 2 nitrogen and oxygen atoms in total. The second kappa shape index (κ2) is 11.9. The maximum absolute atomic E-state index is 2.44. The Balaban J connectivity index is 1.07. The topological polar surface area (TPSA) is 8.17 Å². The Bertz CT molecular complexity index is 3020. The smallest absolute Gasteiger partial charge is 0.0542 e. The van der Waals surface area contributed by atoms with Gasteiger partial charge in [0.2, 0.25) is 0 Å². The number of benzene rings is 8. The summed E-state index contributed by atoms with van der Waals surface area (Å²) in [6.07, 6.45) is 0. The highest BCUT2D eigenvalue weighted by molar-refractivity contribution is 6.10. The average molecular weight is 719 g/mol. The van der Waals surface area contributed by atoms with Gasteiger partial charge < -0.3 is 9.47 Å². The first-order valence-corrected chi connectivity index (χ1v) is 19.8. The lowest BCUT2D eigenvalue weighted by molar-refractivity contribution is 0.660. The van der Waals surface area contributed by atoms with Crippen molar-refractivity contribution in [3.63, 3.8) is 0 Å². The van der Waals surface area contributed by atoms with Crippen molar-refractivity contribution in [1.82, 2.24) is 4.57 Å². The Morgan fingerprint density at radius 3 is 1.57 bits per heavy atom. The standard InChI is InChI=1S/C54H42N2/c1-53(2)47-19-11-8-16-41(47)43-29-24-36(32-49(43)53)35-22-25-38(26-23-35)55(40-27-30-44-42-17-9-12-20-48(42)54(3,4)50(44)34-40)39-28-31-52-46(33-39)45-18-10-13-21-51(45)56(52)37-14-6-5-7-15-37/h5-34H,1-4H3. The number of para-hydroxylation sites is 2. The zero-order valence-corrected chi connectivity index (χ0v) is 32.2. The molecule has 56 heavy (non-hydrogen) atoms. The summed E-state index contributed by atoms with van der Waals surface area (Å²) < 4.78 is 2.39. The monoisotopic (exact) mass is 718 g/mol. The molecular formula is C54H42N2. The Kier molecular flexibility index (Phi) is 6.98. The lowest BCUT2D eigenvalue weighted by Crippen LogP contribution is -2.16. The fourth-order valence-corrected chi connectivity index (χ4v) is 9.92. The normalized spacial score (nSPS) is 14.4. The number of aromatic nitrogens is 1. The molecule has 0 fully saturated rings. The van der Waals surface area contributed by atoms with Crippen molar-refractivity contribution in [2.75, 3.05) is 4.90 Å². The van der Waals surface area contributed by atoms with E-state index < -0.39 is 0 Å². The molecule has 0 radical (unpaired) electrons. The van der Waals surface area contributed by atoms with Gasteiger partial charge >= 0.3 is 0 Å². The molecule has 0 spiro atoms. The van der Waals surface area contributed by atoms with Crippen molar-refractivity contribution >= 4 is 38.9 Å². The van der Waals surface area contributed by atoms with Crippen LogP contribution in [0.1, 0.15) is 49.9 Å². The van der Waals surface area contributed by atoms with Crippen LogP contribution in [0.4, 0.5) is 17.1 Å². The van der Waals surface area contributed by atoms with Crippen LogP contribution in [0.25, 0.3) is 60.9 Å². The molecule has 8 aromatic carbocycles. The van der Waals surface area contributed by atoms with Gasteiger partial charge in [-0.3, -0.25) is 0 Å². The van der Waals surface area contributed by atoms with Crippen LogP contribution >= 0.6 is 0 Å². The first-order valence-electron chi connectivity index (χ1n) is 19.8. The molecule has 1 aromatic heterocycles. The van der Waals surface area contributed by atoms with E-state index in [-0.39, 0.29) is 10.8 Å². The van der Waals surface area contributed by atoms with E-state index in [9.17, 15) is 0 Å². The molecule has 2 heteroatoms. The number of anilines is 3. The summed E-state index contributed by atoms with van der Waals surface area (Å²) in [5.74, 6) is 0. The summed E-state index contributed by atoms with van der Waals surface area (Å²) in [6, 6.07) is 67.5. The Morgan fingerprint density at radius 1 is 0.357 bits per heavy atom. The predicted octanol–water partition coefficient (Wildman–Crippen LogP) is 14.5. The summed E-state index contributed by atoms with van der Waals surface area (Å²) in [6.45, 7) is 9.43. The molecule has 0 amide bonds. The second-order valence-corrected chi connectivity index (χ2v) is 16.6. The Labute approximate surface area is 328 Å². The summed E-state index contributed by atoms with van der Waals surface area (Å²) >= 11 is 0. The molecule has 2 aliphatic rings. The fourth-order valence-electron chi connectivity index (χ4n) is 9.92. The van der Waals surface area contributed by atoms with Crippen LogP contribution in [0, 0.1) is 0 Å².